The Labute approximate surface area is 136 Å². The fourth-order valence-electron chi connectivity index (χ4n) is 2.15. The highest BCUT2D eigenvalue weighted by Crippen LogP contribution is 2.20. The van der Waals surface area contributed by atoms with Gasteiger partial charge in [-0.3, -0.25) is 9.98 Å². The van der Waals surface area contributed by atoms with E-state index in [-0.39, 0.29) is 11.5 Å². The maximum atomic E-state index is 9.87. The molecule has 0 aliphatic heterocycles. The highest BCUT2D eigenvalue weighted by atomic mass is 16.3. The van der Waals surface area contributed by atoms with Crippen molar-refractivity contribution < 1.29 is 10.2 Å². The average Bonchev–Trinajstić information content (AvgIpc) is 2.54. The number of hydrogen-bond acceptors (Lipinski definition) is 4. The maximum absolute atomic E-state index is 9.87. The summed E-state index contributed by atoms with van der Waals surface area (Å²) in [6, 6.07) is 11.2. The molecule has 0 fully saturated rings. The van der Waals surface area contributed by atoms with Crippen molar-refractivity contribution in [2.45, 2.75) is 20.3 Å². The summed E-state index contributed by atoms with van der Waals surface area (Å²) in [5.41, 5.74) is 3.16. The van der Waals surface area contributed by atoms with Crippen LogP contribution < -0.4 is 0 Å². The number of nitrogens with zero attached hydrogens (tertiary/aromatic N) is 2. The zero-order valence-corrected chi connectivity index (χ0v) is 13.5. The van der Waals surface area contributed by atoms with Crippen molar-refractivity contribution in [1.29, 1.82) is 0 Å². The second-order valence-electron chi connectivity index (χ2n) is 5.45. The lowest BCUT2D eigenvalue weighted by Gasteiger charge is -2.02. The van der Waals surface area contributed by atoms with Gasteiger partial charge < -0.3 is 10.2 Å². The molecule has 4 heteroatoms. The van der Waals surface area contributed by atoms with E-state index in [2.05, 4.69) is 9.98 Å². The van der Waals surface area contributed by atoms with Crippen molar-refractivity contribution in [3.8, 4) is 11.5 Å². The second-order valence-corrected chi connectivity index (χ2v) is 5.45. The molecule has 120 valence electrons. The predicted molar refractivity (Wildman–Crippen MR) is 95.2 cm³/mol. The van der Waals surface area contributed by atoms with Crippen molar-refractivity contribution in [1.82, 2.24) is 0 Å². The number of phenols is 2. The van der Waals surface area contributed by atoms with Gasteiger partial charge in [-0.15, -0.1) is 0 Å². The van der Waals surface area contributed by atoms with E-state index in [1.807, 2.05) is 50.2 Å². The SMILES string of the molecule is Cc1cccc(/C=N/CCC/N=C/c2cccc(C)c2O)c1O. The molecule has 0 radical (unpaired) electrons. The topological polar surface area (TPSA) is 65.2 Å². The van der Waals surface area contributed by atoms with Crippen molar-refractivity contribution >= 4 is 12.4 Å². The molecule has 2 N–H and O–H groups in total. The molecule has 0 spiro atoms. The molecule has 23 heavy (non-hydrogen) atoms. The van der Waals surface area contributed by atoms with Gasteiger partial charge >= 0.3 is 0 Å². The van der Waals surface area contributed by atoms with E-state index in [0.29, 0.717) is 13.1 Å². The molecule has 2 rings (SSSR count). The maximum Gasteiger partial charge on any atom is 0.127 e. The van der Waals surface area contributed by atoms with Crippen molar-refractivity contribution in [2.24, 2.45) is 9.98 Å². The quantitative estimate of drug-likeness (QED) is 0.632. The van der Waals surface area contributed by atoms with Crippen molar-refractivity contribution in [2.75, 3.05) is 13.1 Å². The fraction of sp³-hybridized carbons (Fsp3) is 0.263. The minimum absolute atomic E-state index is 0.282. The highest BCUT2D eigenvalue weighted by molar-refractivity contribution is 5.84. The third-order valence-corrected chi connectivity index (χ3v) is 3.57. The molecule has 2 aromatic rings. The monoisotopic (exact) mass is 310 g/mol. The first-order valence-electron chi connectivity index (χ1n) is 7.66. The Morgan fingerprint density at radius 2 is 1.22 bits per heavy atom. The minimum Gasteiger partial charge on any atom is -0.507 e. The molecule has 0 saturated carbocycles. The highest BCUT2D eigenvalue weighted by Gasteiger charge is 2.00. The molecule has 0 aromatic heterocycles. The number of aromatic hydroxyl groups is 2. The van der Waals surface area contributed by atoms with Gasteiger partial charge in [0.25, 0.3) is 0 Å². The lowest BCUT2D eigenvalue weighted by Crippen LogP contribution is -1.91. The van der Waals surface area contributed by atoms with Crippen LogP contribution in [-0.4, -0.2) is 35.7 Å². The first-order chi connectivity index (χ1) is 11.1. The van der Waals surface area contributed by atoms with Gasteiger partial charge in [-0.2, -0.15) is 0 Å². The van der Waals surface area contributed by atoms with E-state index in [1.54, 1.807) is 12.4 Å². The summed E-state index contributed by atoms with van der Waals surface area (Å²) in [5, 5.41) is 19.7. The molecule has 0 saturated heterocycles. The Kier molecular flexibility index (Phi) is 5.92. The number of para-hydroxylation sites is 2. The number of rotatable bonds is 6. The van der Waals surface area contributed by atoms with Crippen LogP contribution in [0.5, 0.6) is 11.5 Å². The van der Waals surface area contributed by atoms with Crippen LogP contribution in [0.3, 0.4) is 0 Å². The number of aliphatic imine (C=N–C) groups is 2. The van der Waals surface area contributed by atoms with Gasteiger partial charge in [0.2, 0.25) is 0 Å². The van der Waals surface area contributed by atoms with Gasteiger partial charge in [-0.25, -0.2) is 0 Å². The molecule has 0 bridgehead atoms. The van der Waals surface area contributed by atoms with Crippen LogP contribution in [0.1, 0.15) is 28.7 Å². The van der Waals surface area contributed by atoms with Gasteiger partial charge in [0.15, 0.2) is 0 Å². The van der Waals surface area contributed by atoms with Crippen LogP contribution in [0, 0.1) is 13.8 Å². The molecule has 0 heterocycles. The molecule has 0 unspecified atom stereocenters. The summed E-state index contributed by atoms with van der Waals surface area (Å²) >= 11 is 0. The van der Waals surface area contributed by atoms with E-state index in [0.717, 1.165) is 28.7 Å². The molecule has 2 aromatic carbocycles. The van der Waals surface area contributed by atoms with Gasteiger partial charge in [-0.1, -0.05) is 24.3 Å². The second kappa shape index (κ2) is 8.13. The lowest BCUT2D eigenvalue weighted by molar-refractivity contribution is 0.470. The van der Waals surface area contributed by atoms with Crippen LogP contribution in [0.4, 0.5) is 0 Å². The minimum atomic E-state index is 0.282. The Bertz CT molecular complexity index is 660. The van der Waals surface area contributed by atoms with E-state index in [4.69, 9.17) is 0 Å². The van der Waals surface area contributed by atoms with Crippen LogP contribution in [-0.2, 0) is 0 Å². The molecule has 0 aliphatic carbocycles. The Morgan fingerprint density at radius 3 is 1.65 bits per heavy atom. The van der Waals surface area contributed by atoms with Crippen LogP contribution in [0.15, 0.2) is 46.4 Å². The third-order valence-electron chi connectivity index (χ3n) is 3.57. The predicted octanol–water partition coefficient (Wildman–Crippen LogP) is 3.64. The van der Waals surface area contributed by atoms with E-state index < -0.39 is 0 Å². The Morgan fingerprint density at radius 1 is 0.783 bits per heavy atom. The zero-order chi connectivity index (χ0) is 16.7. The van der Waals surface area contributed by atoms with Crippen LogP contribution in [0.25, 0.3) is 0 Å². The van der Waals surface area contributed by atoms with Gasteiger partial charge in [0, 0.05) is 36.6 Å². The van der Waals surface area contributed by atoms with E-state index in [9.17, 15) is 10.2 Å². The fourth-order valence-corrected chi connectivity index (χ4v) is 2.15. The molecular formula is C19H22N2O2. The first kappa shape index (κ1) is 16.7. The van der Waals surface area contributed by atoms with Crippen LogP contribution >= 0.6 is 0 Å². The summed E-state index contributed by atoms with van der Waals surface area (Å²) in [6.45, 7) is 5.01. The summed E-state index contributed by atoms with van der Waals surface area (Å²) in [6.07, 6.45) is 4.20. The summed E-state index contributed by atoms with van der Waals surface area (Å²) in [5.74, 6) is 0.563. The van der Waals surface area contributed by atoms with Crippen LogP contribution in [0.2, 0.25) is 0 Å². The first-order valence-corrected chi connectivity index (χ1v) is 7.66. The lowest BCUT2D eigenvalue weighted by atomic mass is 10.1. The largest absolute Gasteiger partial charge is 0.507 e. The molecule has 0 atom stereocenters. The smallest absolute Gasteiger partial charge is 0.127 e. The Balaban J connectivity index is 1.79. The zero-order valence-electron chi connectivity index (χ0n) is 13.5. The van der Waals surface area contributed by atoms with Crippen molar-refractivity contribution in [3.63, 3.8) is 0 Å². The molecule has 0 amide bonds. The number of hydrogen-bond donors (Lipinski definition) is 2. The number of benzene rings is 2. The Hall–Kier alpha value is -2.62. The van der Waals surface area contributed by atoms with Gasteiger partial charge in [-0.05, 0) is 43.5 Å². The number of phenolic OH excluding ortho intramolecular Hbond substituents is 2. The normalized spacial score (nSPS) is 11.6. The molecule has 0 aliphatic rings. The van der Waals surface area contributed by atoms with Gasteiger partial charge in [0.05, 0.1) is 0 Å². The third kappa shape index (κ3) is 4.68. The molecule has 4 nitrogen and oxygen atoms in total. The van der Waals surface area contributed by atoms with E-state index >= 15 is 0 Å². The summed E-state index contributed by atoms with van der Waals surface area (Å²) < 4.78 is 0. The van der Waals surface area contributed by atoms with Crippen molar-refractivity contribution in [3.05, 3.63) is 58.7 Å². The number of aryl methyl sites for hydroxylation is 2. The standard InChI is InChI=1S/C19H22N2O2/c1-14-6-3-8-16(18(14)22)12-20-10-5-11-21-13-17-9-4-7-15(2)19(17)23/h3-4,6-9,12-13,22-23H,5,10-11H2,1-2H3/b20-12+,21-13+. The van der Waals surface area contributed by atoms with Gasteiger partial charge in [0.1, 0.15) is 11.5 Å². The van der Waals surface area contributed by atoms with E-state index in [1.165, 1.54) is 0 Å². The summed E-state index contributed by atoms with van der Waals surface area (Å²) in [4.78, 5) is 8.62. The summed E-state index contributed by atoms with van der Waals surface area (Å²) in [7, 11) is 0. The average molecular weight is 310 g/mol. The molecular weight excluding hydrogens is 288 g/mol.